The van der Waals surface area contributed by atoms with E-state index in [0.717, 1.165) is 11.4 Å². The molecule has 0 spiro atoms. The molecule has 59 heavy (non-hydrogen) atoms. The Labute approximate surface area is 345 Å². The third kappa shape index (κ3) is 4.76. The molecule has 3 heterocycles. The maximum atomic E-state index is 2.51. The number of nitrogens with zero attached hydrogens (tertiary/aromatic N) is 3. The predicted molar refractivity (Wildman–Crippen MR) is 249 cm³/mol. The van der Waals surface area contributed by atoms with Crippen molar-refractivity contribution in [2.75, 3.05) is 9.80 Å². The fourth-order valence-corrected chi connectivity index (χ4v) is 10.6. The molecule has 3 heteroatoms. The smallest absolute Gasteiger partial charge is 0.0562 e. The van der Waals surface area contributed by atoms with Crippen LogP contribution in [0.2, 0.25) is 0 Å². The molecule has 3 nitrogen and oxygen atoms in total. The third-order valence-electron chi connectivity index (χ3n) is 13.5. The van der Waals surface area contributed by atoms with Crippen molar-refractivity contribution in [3.8, 4) is 5.69 Å². The van der Waals surface area contributed by atoms with Crippen molar-refractivity contribution in [1.82, 2.24) is 4.57 Å². The number of anilines is 6. The van der Waals surface area contributed by atoms with E-state index in [1.165, 1.54) is 94.0 Å². The zero-order valence-corrected chi connectivity index (χ0v) is 33.7. The molecule has 0 saturated heterocycles. The van der Waals surface area contributed by atoms with Gasteiger partial charge in [0.1, 0.15) is 0 Å². The average molecular weight is 758 g/mol. The molecule has 0 atom stereocenters. The number of rotatable bonds is 3. The number of benzene rings is 9. The highest BCUT2D eigenvalue weighted by molar-refractivity contribution is 6.22. The Hall–Kier alpha value is -7.10. The summed E-state index contributed by atoms with van der Waals surface area (Å²) in [6.07, 6.45) is 0. The van der Waals surface area contributed by atoms with E-state index in [9.17, 15) is 0 Å². The predicted octanol–water partition coefficient (Wildman–Crippen LogP) is 15.3. The van der Waals surface area contributed by atoms with E-state index >= 15 is 0 Å². The summed E-state index contributed by atoms with van der Waals surface area (Å²) in [6.45, 7) is 9.47. The first-order chi connectivity index (χ1) is 28.8. The van der Waals surface area contributed by atoms with Crippen LogP contribution in [-0.2, 0) is 10.8 Å². The number of hydrogen-bond acceptors (Lipinski definition) is 2. The minimum atomic E-state index is -0.232. The first-order valence-corrected chi connectivity index (χ1v) is 20.8. The van der Waals surface area contributed by atoms with Gasteiger partial charge in [0.25, 0.3) is 0 Å². The molecule has 0 amide bonds. The number of fused-ring (bicyclic) bond motifs is 10. The topological polar surface area (TPSA) is 11.4 Å². The second-order valence-corrected chi connectivity index (χ2v) is 17.4. The quantitative estimate of drug-likeness (QED) is 0.178. The summed E-state index contributed by atoms with van der Waals surface area (Å²) >= 11 is 0. The minimum absolute atomic E-state index is 0.0974. The van der Waals surface area contributed by atoms with Gasteiger partial charge in [-0.1, -0.05) is 143 Å². The zero-order chi connectivity index (χ0) is 39.6. The minimum Gasteiger partial charge on any atom is -0.310 e. The van der Waals surface area contributed by atoms with Gasteiger partial charge in [0.15, 0.2) is 0 Å². The third-order valence-corrected chi connectivity index (χ3v) is 13.5. The average Bonchev–Trinajstić information content (AvgIpc) is 3.60. The van der Waals surface area contributed by atoms with E-state index in [1.807, 2.05) is 0 Å². The molecule has 0 fully saturated rings. The molecule has 10 aromatic rings. The van der Waals surface area contributed by atoms with Crippen molar-refractivity contribution in [2.24, 2.45) is 0 Å². The van der Waals surface area contributed by atoms with Crippen LogP contribution in [0.3, 0.4) is 0 Å². The summed E-state index contributed by atoms with van der Waals surface area (Å²) in [4.78, 5) is 4.95. The Balaban J connectivity index is 1.07. The van der Waals surface area contributed by atoms with Crippen molar-refractivity contribution >= 4 is 77.5 Å². The largest absolute Gasteiger partial charge is 0.310 e. The van der Waals surface area contributed by atoms with Gasteiger partial charge >= 0.3 is 0 Å². The van der Waals surface area contributed by atoms with E-state index in [2.05, 4.69) is 230 Å². The fraction of sp³-hybridized carbons (Fsp3) is 0.107. The fourth-order valence-electron chi connectivity index (χ4n) is 10.6. The van der Waals surface area contributed by atoms with Crippen LogP contribution >= 0.6 is 0 Å². The van der Waals surface area contributed by atoms with Crippen LogP contribution < -0.4 is 9.80 Å². The second kappa shape index (κ2) is 12.2. The van der Waals surface area contributed by atoms with Crippen LogP contribution in [0, 0.1) is 0 Å². The summed E-state index contributed by atoms with van der Waals surface area (Å²) in [6, 6.07) is 69.9. The Morgan fingerprint density at radius 1 is 0.322 bits per heavy atom. The number of para-hydroxylation sites is 4. The van der Waals surface area contributed by atoms with Crippen molar-refractivity contribution in [1.29, 1.82) is 0 Å². The van der Waals surface area contributed by atoms with Gasteiger partial charge in [-0.15, -0.1) is 0 Å². The molecule has 12 rings (SSSR count). The Morgan fingerprint density at radius 2 is 0.814 bits per heavy atom. The lowest BCUT2D eigenvalue weighted by Crippen LogP contribution is -2.30. The van der Waals surface area contributed by atoms with Crippen molar-refractivity contribution in [3.05, 3.63) is 210 Å². The molecular formula is C56H43N3. The van der Waals surface area contributed by atoms with Crippen molar-refractivity contribution in [3.63, 3.8) is 0 Å². The second-order valence-electron chi connectivity index (χ2n) is 17.4. The molecule has 1 aromatic heterocycles. The highest BCUT2D eigenvalue weighted by Gasteiger charge is 2.39. The maximum absolute atomic E-state index is 2.51. The Kier molecular flexibility index (Phi) is 7.03. The van der Waals surface area contributed by atoms with Gasteiger partial charge in [-0.25, -0.2) is 0 Å². The lowest BCUT2D eigenvalue weighted by Gasteiger charge is -2.42. The molecule has 0 radical (unpaired) electrons. The van der Waals surface area contributed by atoms with Crippen molar-refractivity contribution < 1.29 is 0 Å². The van der Waals surface area contributed by atoms with E-state index in [1.54, 1.807) is 0 Å². The summed E-state index contributed by atoms with van der Waals surface area (Å²) in [7, 11) is 0. The van der Waals surface area contributed by atoms with E-state index < -0.39 is 0 Å². The van der Waals surface area contributed by atoms with Crippen LogP contribution in [0.15, 0.2) is 188 Å². The maximum Gasteiger partial charge on any atom is 0.0562 e. The molecule has 2 aliphatic rings. The highest BCUT2D eigenvalue weighted by atomic mass is 15.2. The highest BCUT2D eigenvalue weighted by Crippen LogP contribution is 2.55. The van der Waals surface area contributed by atoms with E-state index in [4.69, 9.17) is 0 Å². The molecule has 0 saturated carbocycles. The molecular weight excluding hydrogens is 715 g/mol. The first kappa shape index (κ1) is 34.0. The molecule has 9 aromatic carbocycles. The molecule has 0 N–H and O–H groups in total. The number of hydrogen-bond donors (Lipinski definition) is 0. The molecule has 0 unspecified atom stereocenters. The summed E-state index contributed by atoms with van der Waals surface area (Å²) in [5, 5.41) is 7.54. The van der Waals surface area contributed by atoms with Gasteiger partial charge in [-0.2, -0.15) is 0 Å². The monoisotopic (exact) mass is 757 g/mol. The van der Waals surface area contributed by atoms with Crippen molar-refractivity contribution in [2.45, 2.75) is 38.5 Å². The van der Waals surface area contributed by atoms with Crippen LogP contribution in [-0.4, -0.2) is 4.57 Å². The van der Waals surface area contributed by atoms with Crippen LogP contribution in [0.4, 0.5) is 34.1 Å². The summed E-state index contributed by atoms with van der Waals surface area (Å²) in [5.74, 6) is 0. The van der Waals surface area contributed by atoms with E-state index in [0.29, 0.717) is 0 Å². The van der Waals surface area contributed by atoms with Gasteiger partial charge in [-0.05, 0) is 117 Å². The summed E-state index contributed by atoms with van der Waals surface area (Å²) in [5.41, 5.74) is 15.8. The van der Waals surface area contributed by atoms with Crippen LogP contribution in [0.25, 0.3) is 49.0 Å². The van der Waals surface area contributed by atoms with Gasteiger partial charge in [0.2, 0.25) is 0 Å². The molecule has 282 valence electrons. The number of aromatic nitrogens is 1. The standard InChI is InChI=1S/C56H43N3/c1-55(2)44-20-10-13-23-48(44)58(49-24-14-11-21-45(49)55)40-29-26-38-33-41(30-27-37(38)32-40)59-50-25-15-12-22-46(50)56(3,4)47-34-43-52(35-53(47)59)57(39-17-6-5-7-18-39)51-31-28-36-16-8-9-19-42(36)54(43)51/h5-35H,1-4H3. The first-order valence-electron chi connectivity index (χ1n) is 20.8. The summed E-state index contributed by atoms with van der Waals surface area (Å²) < 4.78 is 2.46. The lowest BCUT2D eigenvalue weighted by molar-refractivity contribution is 0.632. The SMILES string of the molecule is CC1(C)c2ccccc2N(c2ccc3cc(N4c5ccccc5C(C)(C)c5cc6c7c8ccccc8ccc7n(-c7ccccc7)c6cc54)ccc3c2)c2ccccc21. The van der Waals surface area contributed by atoms with Gasteiger partial charge in [0, 0.05) is 38.7 Å². The van der Waals surface area contributed by atoms with Gasteiger partial charge in [0.05, 0.1) is 33.8 Å². The zero-order valence-electron chi connectivity index (χ0n) is 33.7. The van der Waals surface area contributed by atoms with Crippen LogP contribution in [0.5, 0.6) is 0 Å². The normalized spacial score (nSPS) is 15.0. The molecule has 0 bridgehead atoms. The van der Waals surface area contributed by atoms with Gasteiger partial charge < -0.3 is 14.4 Å². The van der Waals surface area contributed by atoms with Crippen LogP contribution in [0.1, 0.15) is 49.9 Å². The molecule has 2 aliphatic heterocycles. The van der Waals surface area contributed by atoms with Gasteiger partial charge in [-0.3, -0.25) is 0 Å². The Morgan fingerprint density at radius 3 is 1.42 bits per heavy atom. The lowest BCUT2D eigenvalue weighted by atomic mass is 9.73. The molecule has 0 aliphatic carbocycles. The Bertz CT molecular complexity index is 3300. The van der Waals surface area contributed by atoms with E-state index in [-0.39, 0.29) is 10.8 Å².